The Bertz CT molecular complexity index is 1320. The molecule has 2 heterocycles. The van der Waals surface area contributed by atoms with Gasteiger partial charge < -0.3 is 5.32 Å². The molecule has 0 fully saturated rings. The molecule has 0 unspecified atom stereocenters. The number of hydrogen-bond acceptors (Lipinski definition) is 4. The third-order valence-electron chi connectivity index (χ3n) is 4.46. The molecule has 0 aliphatic heterocycles. The van der Waals surface area contributed by atoms with E-state index in [4.69, 9.17) is 0 Å². The number of amides is 1. The SMILES string of the molecule is O=C(CCn1cnc2ccccc2c1=O)Nc1cccc(C#Cc2ccccn2)c1. The predicted octanol–water partition coefficient (Wildman–Crippen LogP) is 3.22. The van der Waals surface area contributed by atoms with Gasteiger partial charge in [-0.1, -0.05) is 30.2 Å². The number of hydrogen-bond donors (Lipinski definition) is 1. The van der Waals surface area contributed by atoms with E-state index in [2.05, 4.69) is 27.1 Å². The van der Waals surface area contributed by atoms with Crippen LogP contribution in [-0.4, -0.2) is 20.4 Å². The summed E-state index contributed by atoms with van der Waals surface area (Å²) in [7, 11) is 0. The number of anilines is 1. The van der Waals surface area contributed by atoms with Gasteiger partial charge in [-0.2, -0.15) is 0 Å². The minimum absolute atomic E-state index is 0.153. The van der Waals surface area contributed by atoms with Crippen LogP contribution in [0.4, 0.5) is 5.69 Å². The van der Waals surface area contributed by atoms with Gasteiger partial charge in [0.15, 0.2) is 0 Å². The molecular weight excluding hydrogens is 376 g/mol. The van der Waals surface area contributed by atoms with Crippen molar-refractivity contribution in [2.45, 2.75) is 13.0 Å². The normalized spacial score (nSPS) is 10.3. The maximum atomic E-state index is 12.5. The Kier molecular flexibility index (Phi) is 5.63. The standard InChI is InChI=1S/C24H18N4O2/c29-23(13-15-28-17-26-22-10-2-1-9-21(22)24(28)30)27-20-8-5-6-18(16-20)11-12-19-7-3-4-14-25-19/h1-10,14,16-17H,13,15H2,(H,27,29). The van der Waals surface area contributed by atoms with Gasteiger partial charge in [-0.05, 0) is 48.4 Å². The second kappa shape index (κ2) is 8.84. The van der Waals surface area contributed by atoms with Gasteiger partial charge in [-0.3, -0.25) is 14.2 Å². The van der Waals surface area contributed by atoms with Crippen LogP contribution in [0.2, 0.25) is 0 Å². The monoisotopic (exact) mass is 394 g/mol. The fourth-order valence-electron chi connectivity index (χ4n) is 2.96. The van der Waals surface area contributed by atoms with Crippen LogP contribution in [0.15, 0.2) is 84.0 Å². The smallest absolute Gasteiger partial charge is 0.261 e. The Morgan fingerprint density at radius 1 is 0.967 bits per heavy atom. The highest BCUT2D eigenvalue weighted by atomic mass is 16.1. The molecule has 6 nitrogen and oxygen atoms in total. The first-order valence-corrected chi connectivity index (χ1v) is 9.46. The highest BCUT2D eigenvalue weighted by Gasteiger charge is 2.07. The van der Waals surface area contributed by atoms with Crippen LogP contribution in [0.25, 0.3) is 10.9 Å². The number of aromatic nitrogens is 3. The summed E-state index contributed by atoms with van der Waals surface area (Å²) in [5.41, 5.74) is 2.60. The van der Waals surface area contributed by atoms with Crippen LogP contribution in [0.3, 0.4) is 0 Å². The van der Waals surface area contributed by atoms with Crippen molar-refractivity contribution in [3.63, 3.8) is 0 Å². The Morgan fingerprint density at radius 2 is 1.83 bits per heavy atom. The minimum Gasteiger partial charge on any atom is -0.326 e. The van der Waals surface area contributed by atoms with Crippen molar-refractivity contribution < 1.29 is 4.79 Å². The lowest BCUT2D eigenvalue weighted by molar-refractivity contribution is -0.116. The number of carbonyl (C=O) groups is 1. The molecule has 1 amide bonds. The number of para-hydroxylation sites is 1. The van der Waals surface area contributed by atoms with Crippen molar-refractivity contribution in [3.05, 3.63) is 101 Å². The molecule has 0 radical (unpaired) electrons. The number of nitrogens with one attached hydrogen (secondary N) is 1. The van der Waals surface area contributed by atoms with Crippen molar-refractivity contribution in [3.8, 4) is 11.8 Å². The lowest BCUT2D eigenvalue weighted by atomic mass is 10.2. The quantitative estimate of drug-likeness (QED) is 0.539. The third kappa shape index (κ3) is 4.59. The highest BCUT2D eigenvalue weighted by molar-refractivity contribution is 5.90. The summed E-state index contributed by atoms with van der Waals surface area (Å²) in [5, 5.41) is 3.39. The average Bonchev–Trinajstić information content (AvgIpc) is 2.78. The third-order valence-corrected chi connectivity index (χ3v) is 4.46. The van der Waals surface area contributed by atoms with E-state index in [-0.39, 0.29) is 24.4 Å². The fourth-order valence-corrected chi connectivity index (χ4v) is 2.96. The topological polar surface area (TPSA) is 76.9 Å². The number of carbonyl (C=O) groups excluding carboxylic acids is 1. The summed E-state index contributed by atoms with van der Waals surface area (Å²) >= 11 is 0. The summed E-state index contributed by atoms with van der Waals surface area (Å²) in [4.78, 5) is 33.3. The van der Waals surface area contributed by atoms with Crippen molar-refractivity contribution in [2.75, 3.05) is 5.32 Å². The zero-order valence-electron chi connectivity index (χ0n) is 16.1. The zero-order valence-corrected chi connectivity index (χ0v) is 16.1. The van der Waals surface area contributed by atoms with Crippen molar-refractivity contribution in [2.24, 2.45) is 0 Å². The van der Waals surface area contributed by atoms with E-state index in [9.17, 15) is 9.59 Å². The van der Waals surface area contributed by atoms with Crippen molar-refractivity contribution in [1.82, 2.24) is 14.5 Å². The fraction of sp³-hybridized carbons (Fsp3) is 0.0833. The molecule has 0 aliphatic carbocycles. The number of aryl methyl sites for hydroxylation is 1. The number of benzene rings is 2. The second-order valence-corrected chi connectivity index (χ2v) is 6.60. The van der Waals surface area contributed by atoms with Gasteiger partial charge >= 0.3 is 0 Å². The summed E-state index contributed by atoms with van der Waals surface area (Å²) < 4.78 is 1.46. The predicted molar refractivity (Wildman–Crippen MR) is 116 cm³/mol. The van der Waals surface area contributed by atoms with Crippen LogP contribution in [0, 0.1) is 11.8 Å². The first-order chi connectivity index (χ1) is 14.7. The maximum absolute atomic E-state index is 12.5. The molecule has 2 aromatic heterocycles. The molecule has 0 aliphatic rings. The van der Waals surface area contributed by atoms with Crippen LogP contribution in [0.5, 0.6) is 0 Å². The molecule has 0 atom stereocenters. The van der Waals surface area contributed by atoms with Gasteiger partial charge in [0, 0.05) is 30.4 Å². The van der Waals surface area contributed by atoms with Crippen molar-refractivity contribution >= 4 is 22.5 Å². The maximum Gasteiger partial charge on any atom is 0.261 e. The molecule has 0 saturated carbocycles. The Labute approximate surface area is 173 Å². The van der Waals surface area contributed by atoms with E-state index in [1.807, 2.05) is 36.4 Å². The molecular formula is C24H18N4O2. The Hall–Kier alpha value is -4.24. The number of fused-ring (bicyclic) bond motifs is 1. The Balaban J connectivity index is 1.41. The Morgan fingerprint density at radius 3 is 2.70 bits per heavy atom. The average molecular weight is 394 g/mol. The summed E-state index contributed by atoms with van der Waals surface area (Å²) in [6.45, 7) is 0.252. The lowest BCUT2D eigenvalue weighted by Gasteiger charge is -2.08. The molecule has 0 spiro atoms. The van der Waals surface area contributed by atoms with Crippen LogP contribution in [0.1, 0.15) is 17.7 Å². The van der Waals surface area contributed by atoms with Gasteiger partial charge in [-0.25, -0.2) is 9.97 Å². The second-order valence-electron chi connectivity index (χ2n) is 6.60. The van der Waals surface area contributed by atoms with Crippen LogP contribution >= 0.6 is 0 Å². The highest BCUT2D eigenvalue weighted by Crippen LogP contribution is 2.11. The molecule has 2 aromatic carbocycles. The van der Waals surface area contributed by atoms with E-state index in [0.717, 1.165) is 5.56 Å². The van der Waals surface area contributed by atoms with Crippen molar-refractivity contribution in [1.29, 1.82) is 0 Å². The molecule has 146 valence electrons. The molecule has 0 bridgehead atoms. The van der Waals surface area contributed by atoms with Gasteiger partial charge in [0.05, 0.1) is 17.2 Å². The van der Waals surface area contributed by atoms with Gasteiger partial charge in [0.25, 0.3) is 5.56 Å². The number of nitrogens with zero attached hydrogens (tertiary/aromatic N) is 3. The zero-order chi connectivity index (χ0) is 20.8. The molecule has 4 aromatic rings. The first kappa shape index (κ1) is 19.1. The largest absolute Gasteiger partial charge is 0.326 e. The van der Waals surface area contributed by atoms with E-state index < -0.39 is 0 Å². The van der Waals surface area contributed by atoms with E-state index in [1.54, 1.807) is 36.5 Å². The van der Waals surface area contributed by atoms with Crippen LogP contribution in [-0.2, 0) is 11.3 Å². The van der Waals surface area contributed by atoms with Gasteiger partial charge in [0.2, 0.25) is 5.91 Å². The molecule has 0 saturated heterocycles. The number of rotatable bonds is 4. The van der Waals surface area contributed by atoms with E-state index in [1.165, 1.54) is 10.9 Å². The molecule has 6 heteroatoms. The van der Waals surface area contributed by atoms with E-state index in [0.29, 0.717) is 22.3 Å². The molecule has 4 rings (SSSR count). The summed E-state index contributed by atoms with van der Waals surface area (Å²) in [5.74, 6) is 5.84. The molecule has 1 N–H and O–H groups in total. The van der Waals surface area contributed by atoms with Gasteiger partial charge in [0.1, 0.15) is 5.69 Å². The number of pyridine rings is 1. The summed E-state index contributed by atoms with van der Waals surface area (Å²) in [6, 6.07) is 20.0. The first-order valence-electron chi connectivity index (χ1n) is 9.46. The van der Waals surface area contributed by atoms with Gasteiger partial charge in [-0.15, -0.1) is 0 Å². The summed E-state index contributed by atoms with van der Waals surface area (Å²) in [6.07, 6.45) is 3.33. The van der Waals surface area contributed by atoms with E-state index >= 15 is 0 Å². The lowest BCUT2D eigenvalue weighted by Crippen LogP contribution is -2.23. The molecule has 30 heavy (non-hydrogen) atoms. The minimum atomic E-state index is -0.190. The van der Waals surface area contributed by atoms with Crippen LogP contribution < -0.4 is 10.9 Å².